The van der Waals surface area contributed by atoms with Crippen molar-refractivity contribution in [2.24, 2.45) is 0 Å². The molecule has 1 N–H and O–H groups in total. The molecule has 0 bridgehead atoms. The van der Waals surface area contributed by atoms with Crippen LogP contribution in [0.2, 0.25) is 0 Å². The summed E-state index contributed by atoms with van der Waals surface area (Å²) in [5, 5.41) is 3.97. The Bertz CT molecular complexity index is 963. The van der Waals surface area contributed by atoms with Gasteiger partial charge in [0.15, 0.2) is 17.0 Å². The van der Waals surface area contributed by atoms with E-state index in [1.165, 1.54) is 22.7 Å². The first-order valence-corrected chi connectivity index (χ1v) is 10.3. The lowest BCUT2D eigenvalue weighted by Crippen LogP contribution is -2.29. The highest BCUT2D eigenvalue weighted by Crippen LogP contribution is 2.36. The van der Waals surface area contributed by atoms with Gasteiger partial charge in [-0.1, -0.05) is 23.5 Å². The van der Waals surface area contributed by atoms with Gasteiger partial charge in [-0.25, -0.2) is 9.78 Å². The van der Waals surface area contributed by atoms with Crippen molar-refractivity contribution in [1.82, 2.24) is 4.98 Å². The topological polar surface area (TPSA) is 77.5 Å². The molecule has 0 radical (unpaired) electrons. The van der Waals surface area contributed by atoms with E-state index in [4.69, 9.17) is 9.47 Å². The number of rotatable bonds is 5. The van der Waals surface area contributed by atoms with Gasteiger partial charge in [-0.2, -0.15) is 0 Å². The van der Waals surface area contributed by atoms with Crippen LogP contribution in [0.1, 0.15) is 35.4 Å². The number of fused-ring (bicyclic) bond motifs is 1. The number of anilines is 2. The van der Waals surface area contributed by atoms with Gasteiger partial charge in [-0.3, -0.25) is 4.79 Å². The molecule has 0 amide bonds. The Labute approximate surface area is 164 Å². The van der Waals surface area contributed by atoms with Crippen molar-refractivity contribution in [3.05, 3.63) is 35.2 Å². The standard InChI is InChI=1S/C19H18N2O4S2/c1-24-13-8-4-2-6-11(13)20-19-21-17-15(27-19)10-16(26-17)18(23)25-14-9-5-3-7-12(14)22/h2,4,6,8,10,14H,3,5,7,9H2,1H3,(H,20,21)/t14-/m1/s1. The summed E-state index contributed by atoms with van der Waals surface area (Å²) in [6, 6.07) is 9.39. The van der Waals surface area contributed by atoms with Gasteiger partial charge in [0.25, 0.3) is 0 Å². The maximum absolute atomic E-state index is 12.4. The number of hydrogen-bond acceptors (Lipinski definition) is 8. The maximum atomic E-state index is 12.4. The van der Waals surface area contributed by atoms with Crippen molar-refractivity contribution >= 4 is 54.8 Å². The highest BCUT2D eigenvalue weighted by Gasteiger charge is 2.27. The number of hydrogen-bond donors (Lipinski definition) is 1. The molecule has 0 aliphatic heterocycles. The van der Waals surface area contributed by atoms with Gasteiger partial charge in [-0.15, -0.1) is 11.3 Å². The maximum Gasteiger partial charge on any atom is 0.349 e. The monoisotopic (exact) mass is 402 g/mol. The molecule has 8 heteroatoms. The first kappa shape index (κ1) is 17.9. The second-order valence-corrected chi connectivity index (χ2v) is 8.29. The van der Waals surface area contributed by atoms with Crippen LogP contribution in [0.15, 0.2) is 30.3 Å². The predicted molar refractivity (Wildman–Crippen MR) is 106 cm³/mol. The van der Waals surface area contributed by atoms with Crippen LogP contribution >= 0.6 is 22.7 Å². The lowest BCUT2D eigenvalue weighted by atomic mass is 9.96. The Morgan fingerprint density at radius 3 is 2.89 bits per heavy atom. The van der Waals surface area contributed by atoms with E-state index in [1.807, 2.05) is 24.3 Å². The summed E-state index contributed by atoms with van der Waals surface area (Å²) in [6.45, 7) is 0. The Balaban J connectivity index is 1.48. The van der Waals surface area contributed by atoms with Crippen molar-refractivity contribution in [2.75, 3.05) is 12.4 Å². The molecule has 0 unspecified atom stereocenters. The number of thiazole rings is 1. The number of carbonyl (C=O) groups is 2. The molecule has 2 aromatic heterocycles. The number of nitrogens with zero attached hydrogens (tertiary/aromatic N) is 1. The van der Waals surface area contributed by atoms with E-state index in [-0.39, 0.29) is 5.78 Å². The third-order valence-corrected chi connectivity index (χ3v) is 6.44. The first-order valence-electron chi connectivity index (χ1n) is 8.68. The molecule has 1 fully saturated rings. The molecular weight excluding hydrogens is 384 g/mol. The summed E-state index contributed by atoms with van der Waals surface area (Å²) < 4.78 is 11.6. The molecule has 27 heavy (non-hydrogen) atoms. The van der Waals surface area contributed by atoms with E-state index in [9.17, 15) is 9.59 Å². The number of methoxy groups -OCH3 is 1. The number of aromatic nitrogens is 1. The van der Waals surface area contributed by atoms with Crippen LogP contribution in [0.5, 0.6) is 5.75 Å². The highest BCUT2D eigenvalue weighted by molar-refractivity contribution is 7.29. The molecule has 1 aliphatic carbocycles. The summed E-state index contributed by atoms with van der Waals surface area (Å²) in [5.41, 5.74) is 0.830. The molecule has 1 atom stereocenters. The fourth-order valence-corrected chi connectivity index (χ4v) is 5.03. The summed E-state index contributed by atoms with van der Waals surface area (Å²) in [5.74, 6) is 0.316. The molecular formula is C19H18N2O4S2. The van der Waals surface area contributed by atoms with Gasteiger partial charge in [0, 0.05) is 6.42 Å². The quantitative estimate of drug-likeness (QED) is 0.619. The average Bonchev–Trinajstić information content (AvgIpc) is 3.23. The molecule has 140 valence electrons. The van der Waals surface area contributed by atoms with Crippen molar-refractivity contribution in [3.63, 3.8) is 0 Å². The van der Waals surface area contributed by atoms with Gasteiger partial charge in [0.2, 0.25) is 0 Å². The molecule has 2 heterocycles. The molecule has 0 saturated heterocycles. The molecule has 0 spiro atoms. The fourth-order valence-electron chi connectivity index (χ4n) is 3.01. The van der Waals surface area contributed by atoms with Gasteiger partial charge >= 0.3 is 5.97 Å². The van der Waals surface area contributed by atoms with Crippen molar-refractivity contribution in [3.8, 4) is 5.75 Å². The van der Waals surface area contributed by atoms with E-state index in [1.54, 1.807) is 13.2 Å². The minimum absolute atomic E-state index is 0.0226. The third kappa shape index (κ3) is 3.81. The van der Waals surface area contributed by atoms with Crippen molar-refractivity contribution in [1.29, 1.82) is 0 Å². The predicted octanol–water partition coefficient (Wildman–Crippen LogP) is 4.78. The zero-order chi connectivity index (χ0) is 18.8. The highest BCUT2D eigenvalue weighted by atomic mass is 32.1. The summed E-state index contributed by atoms with van der Waals surface area (Å²) in [6.07, 6.45) is 2.32. The summed E-state index contributed by atoms with van der Waals surface area (Å²) in [4.78, 5) is 30.0. The number of carbonyl (C=O) groups excluding carboxylic acids is 2. The van der Waals surface area contributed by atoms with E-state index in [2.05, 4.69) is 10.3 Å². The van der Waals surface area contributed by atoms with Crippen LogP contribution < -0.4 is 10.1 Å². The van der Waals surface area contributed by atoms with Crippen molar-refractivity contribution in [2.45, 2.75) is 31.8 Å². The van der Waals surface area contributed by atoms with Crippen LogP contribution in [-0.4, -0.2) is 30.0 Å². The number of ether oxygens (including phenoxy) is 2. The summed E-state index contributed by atoms with van der Waals surface area (Å²) >= 11 is 2.73. The van der Waals surface area contributed by atoms with Crippen LogP contribution in [0.4, 0.5) is 10.8 Å². The van der Waals surface area contributed by atoms with E-state index >= 15 is 0 Å². The minimum Gasteiger partial charge on any atom is -0.495 e. The molecule has 1 aromatic carbocycles. The Morgan fingerprint density at radius 2 is 2.11 bits per heavy atom. The number of nitrogens with one attached hydrogen (secondary N) is 1. The Hall–Kier alpha value is -2.45. The second-order valence-electron chi connectivity index (χ2n) is 6.23. The van der Waals surface area contributed by atoms with Gasteiger partial charge in [0.1, 0.15) is 15.5 Å². The zero-order valence-electron chi connectivity index (χ0n) is 14.7. The van der Waals surface area contributed by atoms with Crippen LogP contribution in [0.3, 0.4) is 0 Å². The van der Waals surface area contributed by atoms with Crippen LogP contribution in [0.25, 0.3) is 9.53 Å². The molecule has 1 aliphatic rings. The smallest absolute Gasteiger partial charge is 0.349 e. The number of thiophene rings is 1. The van der Waals surface area contributed by atoms with E-state index in [0.717, 1.165) is 38.9 Å². The number of esters is 1. The van der Waals surface area contributed by atoms with E-state index < -0.39 is 12.1 Å². The average molecular weight is 402 g/mol. The van der Waals surface area contributed by atoms with Crippen molar-refractivity contribution < 1.29 is 19.1 Å². The number of para-hydroxylation sites is 2. The number of benzene rings is 1. The Morgan fingerprint density at radius 1 is 1.26 bits per heavy atom. The van der Waals surface area contributed by atoms with Gasteiger partial charge in [0.05, 0.1) is 17.5 Å². The molecule has 1 saturated carbocycles. The lowest BCUT2D eigenvalue weighted by Gasteiger charge is -2.20. The van der Waals surface area contributed by atoms with Crippen LogP contribution in [-0.2, 0) is 9.53 Å². The van der Waals surface area contributed by atoms with Gasteiger partial charge < -0.3 is 14.8 Å². The van der Waals surface area contributed by atoms with Crippen LogP contribution in [0, 0.1) is 0 Å². The largest absolute Gasteiger partial charge is 0.495 e. The molecule has 6 nitrogen and oxygen atoms in total. The fraction of sp³-hybridized carbons (Fsp3) is 0.316. The third-order valence-electron chi connectivity index (χ3n) is 4.39. The van der Waals surface area contributed by atoms with E-state index in [0.29, 0.717) is 17.7 Å². The number of Topliss-reactive ketones (excluding diaryl/α,β-unsaturated/α-hetero) is 1. The lowest BCUT2D eigenvalue weighted by molar-refractivity contribution is -0.129. The zero-order valence-corrected chi connectivity index (χ0v) is 16.3. The minimum atomic E-state index is -0.595. The molecule has 3 aromatic rings. The second kappa shape index (κ2) is 7.66. The number of ketones is 1. The first-order chi connectivity index (χ1) is 13.1. The molecule has 4 rings (SSSR count). The SMILES string of the molecule is COc1ccccc1Nc1nc2sc(C(=O)O[C@@H]3CCCCC3=O)cc2s1. The summed E-state index contributed by atoms with van der Waals surface area (Å²) in [7, 11) is 1.62. The normalized spacial score (nSPS) is 17.1. The van der Waals surface area contributed by atoms with Gasteiger partial charge in [-0.05, 0) is 37.5 Å². The Kier molecular flexibility index (Phi) is 5.09.